The van der Waals surface area contributed by atoms with Crippen molar-refractivity contribution in [1.82, 2.24) is 5.32 Å². The topological polar surface area (TPSA) is 149 Å². The molecule has 9 nitrogen and oxygen atoms in total. The van der Waals surface area contributed by atoms with Gasteiger partial charge in [0.1, 0.15) is 24.4 Å². The van der Waals surface area contributed by atoms with Crippen molar-refractivity contribution >= 4 is 5.91 Å². The molecule has 0 aromatic carbocycles. The van der Waals surface area contributed by atoms with Gasteiger partial charge in [-0.05, 0) is 57.8 Å². The third-order valence-corrected chi connectivity index (χ3v) is 15.4. The number of carbonyl (C=O) groups excluding carboxylic acids is 1. The van der Waals surface area contributed by atoms with Crippen molar-refractivity contribution < 1.29 is 39.8 Å². The number of rotatable bonds is 56. The van der Waals surface area contributed by atoms with Crippen LogP contribution in [-0.4, -0.2) is 87.5 Å². The Morgan fingerprint density at radius 2 is 0.770 bits per heavy atom. The van der Waals surface area contributed by atoms with E-state index in [0.29, 0.717) is 6.42 Å². The molecule has 0 aliphatic carbocycles. The zero-order valence-corrected chi connectivity index (χ0v) is 48.6. The van der Waals surface area contributed by atoms with Gasteiger partial charge in [-0.2, -0.15) is 0 Å². The van der Waals surface area contributed by atoms with E-state index in [0.717, 1.165) is 38.5 Å². The average molecular weight is 1050 g/mol. The van der Waals surface area contributed by atoms with Gasteiger partial charge >= 0.3 is 0 Å². The maximum absolute atomic E-state index is 13.1. The molecule has 0 spiro atoms. The fourth-order valence-corrected chi connectivity index (χ4v) is 10.3. The number of allylic oxidation sites excluding steroid dienone is 5. The molecule has 0 saturated carbocycles. The number of hydrogen-bond acceptors (Lipinski definition) is 8. The van der Waals surface area contributed by atoms with Gasteiger partial charge in [0.15, 0.2) is 6.29 Å². The van der Waals surface area contributed by atoms with E-state index in [9.17, 15) is 30.3 Å². The summed E-state index contributed by atoms with van der Waals surface area (Å²) in [6.45, 7) is 3.80. The maximum atomic E-state index is 13.1. The van der Waals surface area contributed by atoms with E-state index in [-0.39, 0.29) is 12.5 Å². The highest BCUT2D eigenvalue weighted by molar-refractivity contribution is 5.76. The summed E-state index contributed by atoms with van der Waals surface area (Å²) in [5, 5.41) is 54.6. The minimum Gasteiger partial charge on any atom is -0.394 e. The molecule has 0 aromatic heterocycles. The Balaban J connectivity index is 2.15. The maximum Gasteiger partial charge on any atom is 0.220 e. The Kier molecular flexibility index (Phi) is 52.1. The highest BCUT2D eigenvalue weighted by atomic mass is 16.7. The third kappa shape index (κ3) is 43.4. The fraction of sp³-hybridized carbons (Fsp3) is 0.892. The van der Waals surface area contributed by atoms with Crippen LogP contribution in [0.1, 0.15) is 316 Å². The molecule has 0 aromatic rings. The van der Waals surface area contributed by atoms with Crippen LogP contribution in [0.5, 0.6) is 0 Å². The van der Waals surface area contributed by atoms with E-state index < -0.39 is 49.5 Å². The van der Waals surface area contributed by atoms with Gasteiger partial charge in [-0.3, -0.25) is 4.79 Å². The summed E-state index contributed by atoms with van der Waals surface area (Å²) in [5.74, 6) is -0.181. The van der Waals surface area contributed by atoms with Gasteiger partial charge in [0.25, 0.3) is 0 Å². The summed E-state index contributed by atoms with van der Waals surface area (Å²) < 4.78 is 11.3. The summed E-state index contributed by atoms with van der Waals surface area (Å²) >= 11 is 0. The third-order valence-electron chi connectivity index (χ3n) is 15.4. The zero-order chi connectivity index (χ0) is 53.6. The molecule has 1 rings (SSSR count). The molecule has 6 N–H and O–H groups in total. The Labute approximate surface area is 457 Å². The standard InChI is InChI=1S/C65H123NO8/c1-3-5-7-9-11-13-15-17-19-21-23-25-26-27-28-29-30-31-32-33-34-35-37-39-41-43-45-47-49-51-53-55-61(69)66-58(57-73-65-64(72)63(71)62(70)60(56-67)74-65)59(68)54-52-50-48-46-44-42-40-38-36-24-22-20-18-16-14-12-10-8-6-4-2/h21,23,44,46,52,54,58-60,62-65,67-68,70-72H,3-20,22,24-43,45,47-51,53,55-57H2,1-2H3,(H,66,69)/b23-21-,46-44+,54-52+. The lowest BCUT2D eigenvalue weighted by Gasteiger charge is -2.40. The summed E-state index contributed by atoms with van der Waals surface area (Å²) in [6, 6.07) is -0.821. The molecular weight excluding hydrogens is 923 g/mol. The van der Waals surface area contributed by atoms with Crippen molar-refractivity contribution in [2.45, 2.75) is 358 Å². The van der Waals surface area contributed by atoms with Crippen molar-refractivity contribution in [2.24, 2.45) is 0 Å². The Morgan fingerprint density at radius 3 is 1.14 bits per heavy atom. The number of ether oxygens (including phenoxy) is 2. The van der Waals surface area contributed by atoms with Crippen LogP contribution in [0.3, 0.4) is 0 Å². The van der Waals surface area contributed by atoms with Crippen LogP contribution in [0.15, 0.2) is 36.5 Å². The molecule has 436 valence electrons. The second kappa shape index (κ2) is 54.8. The first-order chi connectivity index (χ1) is 36.3. The molecule has 0 radical (unpaired) electrons. The van der Waals surface area contributed by atoms with E-state index in [1.807, 2.05) is 6.08 Å². The molecule has 1 aliphatic heterocycles. The van der Waals surface area contributed by atoms with Gasteiger partial charge in [0.2, 0.25) is 5.91 Å². The molecule has 0 bridgehead atoms. The van der Waals surface area contributed by atoms with Crippen LogP contribution in [0.4, 0.5) is 0 Å². The predicted octanol–water partition coefficient (Wildman–Crippen LogP) is 16.7. The molecule has 7 unspecified atom stereocenters. The van der Waals surface area contributed by atoms with Crippen molar-refractivity contribution in [2.75, 3.05) is 13.2 Å². The Morgan fingerprint density at radius 1 is 0.446 bits per heavy atom. The van der Waals surface area contributed by atoms with Gasteiger partial charge < -0.3 is 40.3 Å². The number of hydrogen-bond donors (Lipinski definition) is 6. The number of aliphatic hydroxyl groups excluding tert-OH is 5. The van der Waals surface area contributed by atoms with Crippen LogP contribution in [-0.2, 0) is 14.3 Å². The van der Waals surface area contributed by atoms with Crippen LogP contribution in [0.25, 0.3) is 0 Å². The van der Waals surface area contributed by atoms with E-state index in [1.54, 1.807) is 6.08 Å². The number of aliphatic hydroxyl groups is 5. The van der Waals surface area contributed by atoms with Crippen molar-refractivity contribution in [3.63, 3.8) is 0 Å². The SMILES string of the molecule is CCCCCCCCCC/C=C\CCCCCCCCCCCCCCCCCCCCCC(=O)NC(COC1OC(CO)C(O)C(O)C1O)C(O)/C=C/CC/C=C/CCCCCCCCCCCCCCCC. The number of nitrogens with one attached hydrogen (secondary N) is 1. The number of carbonyl (C=O) groups is 1. The van der Waals surface area contributed by atoms with E-state index >= 15 is 0 Å². The largest absolute Gasteiger partial charge is 0.394 e. The second-order valence-corrected chi connectivity index (χ2v) is 22.5. The molecule has 1 heterocycles. The molecule has 74 heavy (non-hydrogen) atoms. The molecule has 1 saturated heterocycles. The van der Waals surface area contributed by atoms with Gasteiger partial charge in [-0.1, -0.05) is 288 Å². The average Bonchev–Trinajstić information content (AvgIpc) is 3.40. The Bertz CT molecular complexity index is 1260. The fourth-order valence-electron chi connectivity index (χ4n) is 10.3. The quantitative estimate of drug-likeness (QED) is 0.0261. The highest BCUT2D eigenvalue weighted by Crippen LogP contribution is 2.23. The van der Waals surface area contributed by atoms with Crippen molar-refractivity contribution in [1.29, 1.82) is 0 Å². The number of amides is 1. The van der Waals surface area contributed by atoms with Crippen LogP contribution in [0, 0.1) is 0 Å². The minimum absolute atomic E-state index is 0.181. The van der Waals surface area contributed by atoms with Gasteiger partial charge in [0, 0.05) is 6.42 Å². The van der Waals surface area contributed by atoms with Crippen molar-refractivity contribution in [3.05, 3.63) is 36.5 Å². The van der Waals surface area contributed by atoms with Crippen molar-refractivity contribution in [3.8, 4) is 0 Å². The normalized spacial score (nSPS) is 19.1. The number of unbranched alkanes of at least 4 members (excludes halogenated alkanes) is 42. The molecular formula is C65H123NO8. The lowest BCUT2D eigenvalue weighted by molar-refractivity contribution is -0.302. The predicted molar refractivity (Wildman–Crippen MR) is 313 cm³/mol. The molecule has 1 aliphatic rings. The van der Waals surface area contributed by atoms with Gasteiger partial charge in [0.05, 0.1) is 25.4 Å². The Hall–Kier alpha value is -1.59. The van der Waals surface area contributed by atoms with Crippen LogP contribution in [0.2, 0.25) is 0 Å². The lowest BCUT2D eigenvalue weighted by Crippen LogP contribution is -2.60. The first-order valence-corrected chi connectivity index (χ1v) is 32.2. The molecule has 1 amide bonds. The van der Waals surface area contributed by atoms with Gasteiger partial charge in [-0.25, -0.2) is 0 Å². The second-order valence-electron chi connectivity index (χ2n) is 22.5. The smallest absolute Gasteiger partial charge is 0.220 e. The zero-order valence-electron chi connectivity index (χ0n) is 48.6. The van der Waals surface area contributed by atoms with E-state index in [1.165, 1.54) is 257 Å². The minimum atomic E-state index is -1.57. The summed E-state index contributed by atoms with van der Waals surface area (Å²) in [7, 11) is 0. The monoisotopic (exact) mass is 1050 g/mol. The molecule has 1 fully saturated rings. The van der Waals surface area contributed by atoms with Crippen LogP contribution < -0.4 is 5.32 Å². The summed E-state index contributed by atoms with van der Waals surface area (Å²) in [4.78, 5) is 13.1. The highest BCUT2D eigenvalue weighted by Gasteiger charge is 2.44. The molecule has 7 atom stereocenters. The lowest BCUT2D eigenvalue weighted by atomic mass is 9.99. The van der Waals surface area contributed by atoms with E-state index in [2.05, 4.69) is 43.5 Å². The van der Waals surface area contributed by atoms with Gasteiger partial charge in [-0.15, -0.1) is 0 Å². The first kappa shape index (κ1) is 70.4. The summed E-state index contributed by atoms with van der Waals surface area (Å²) in [5.41, 5.74) is 0. The van der Waals surface area contributed by atoms with E-state index in [4.69, 9.17) is 9.47 Å². The molecule has 9 heteroatoms. The first-order valence-electron chi connectivity index (χ1n) is 32.2. The van der Waals surface area contributed by atoms with Crippen LogP contribution >= 0.6 is 0 Å². The summed E-state index contributed by atoms with van der Waals surface area (Å²) in [6.07, 6.45) is 65.2.